The predicted octanol–water partition coefficient (Wildman–Crippen LogP) is 6.87. The summed E-state index contributed by atoms with van der Waals surface area (Å²) in [5, 5.41) is 14.5. The Balaban J connectivity index is 1.26. The van der Waals surface area contributed by atoms with Crippen molar-refractivity contribution in [3.8, 4) is 34.0 Å². The van der Waals surface area contributed by atoms with Gasteiger partial charge in [0.1, 0.15) is 17.3 Å². The lowest BCUT2D eigenvalue weighted by molar-refractivity contribution is 0.465. The van der Waals surface area contributed by atoms with Crippen molar-refractivity contribution in [2.45, 2.75) is 0 Å². The first kappa shape index (κ1) is 22.2. The smallest absolute Gasteiger partial charge is 0.227 e. The van der Waals surface area contributed by atoms with Crippen LogP contribution in [0.15, 0.2) is 116 Å². The molecule has 0 saturated carbocycles. The lowest BCUT2D eigenvalue weighted by Gasteiger charge is -2.13. The maximum atomic E-state index is 6.12. The molecule has 0 bridgehead atoms. The van der Waals surface area contributed by atoms with Crippen LogP contribution < -0.4 is 15.8 Å². The fraction of sp³-hybridized carbons (Fsp3) is 0. The average molecular weight is 483 g/mol. The second-order valence-corrected chi connectivity index (χ2v) is 8.39. The minimum Gasteiger partial charge on any atom is -0.438 e. The van der Waals surface area contributed by atoms with Gasteiger partial charge in [0.2, 0.25) is 5.88 Å². The van der Waals surface area contributed by atoms with E-state index in [2.05, 4.69) is 31.5 Å². The summed E-state index contributed by atoms with van der Waals surface area (Å²) in [6, 6.07) is 33.3. The number of aromatic nitrogens is 4. The minimum atomic E-state index is 0.440. The van der Waals surface area contributed by atoms with Gasteiger partial charge in [0.05, 0.1) is 0 Å². The summed E-state index contributed by atoms with van der Waals surface area (Å²) in [5.74, 6) is 2.27. The monoisotopic (exact) mass is 482 g/mol. The van der Waals surface area contributed by atoms with Crippen LogP contribution in [0, 0.1) is 0 Å². The van der Waals surface area contributed by atoms with Crippen LogP contribution in [0.2, 0.25) is 0 Å². The summed E-state index contributed by atoms with van der Waals surface area (Å²) < 4.78 is 6.12. The Bertz CT molecular complexity index is 1690. The van der Waals surface area contributed by atoms with Crippen LogP contribution in [0.3, 0.4) is 0 Å². The highest BCUT2D eigenvalue weighted by atomic mass is 16.5. The number of fused-ring (bicyclic) bond motifs is 1. The molecule has 7 heteroatoms. The Morgan fingerprint density at radius 3 is 2.24 bits per heavy atom. The number of pyridine rings is 2. The standard InChI is InChI=1S/C30H22N6O/c31-27-19-21(16-18-32-27)24-11-6-17-33-30(24)37-23-14-12-22(13-15-23)34-29-26-10-5-4-9-25(26)28(35-36-29)20-7-2-1-3-8-20/h1-19H,(H2,31,32)(H,34,36). The Labute approximate surface area is 213 Å². The van der Waals surface area contributed by atoms with E-state index < -0.39 is 0 Å². The molecule has 0 saturated heterocycles. The van der Waals surface area contributed by atoms with E-state index in [9.17, 15) is 0 Å². The van der Waals surface area contributed by atoms with E-state index in [1.807, 2.05) is 91.0 Å². The van der Waals surface area contributed by atoms with Crippen molar-refractivity contribution in [3.63, 3.8) is 0 Å². The van der Waals surface area contributed by atoms with Crippen LogP contribution in [-0.2, 0) is 0 Å². The highest BCUT2D eigenvalue weighted by Gasteiger charge is 2.12. The first-order chi connectivity index (χ1) is 18.2. The summed E-state index contributed by atoms with van der Waals surface area (Å²) in [4.78, 5) is 8.48. The first-order valence-corrected chi connectivity index (χ1v) is 11.8. The first-order valence-electron chi connectivity index (χ1n) is 11.8. The zero-order valence-corrected chi connectivity index (χ0v) is 19.7. The molecule has 0 fully saturated rings. The molecule has 0 radical (unpaired) electrons. The van der Waals surface area contributed by atoms with E-state index >= 15 is 0 Å². The summed E-state index contributed by atoms with van der Waals surface area (Å²) in [6.45, 7) is 0. The molecule has 178 valence electrons. The van der Waals surface area contributed by atoms with Gasteiger partial charge in [-0.05, 0) is 54.1 Å². The van der Waals surface area contributed by atoms with E-state index in [4.69, 9.17) is 10.5 Å². The van der Waals surface area contributed by atoms with Crippen LogP contribution >= 0.6 is 0 Å². The molecule has 3 aromatic heterocycles. The van der Waals surface area contributed by atoms with Crippen LogP contribution in [0.5, 0.6) is 11.6 Å². The molecular weight excluding hydrogens is 460 g/mol. The fourth-order valence-corrected chi connectivity index (χ4v) is 4.17. The summed E-state index contributed by atoms with van der Waals surface area (Å²) in [5.41, 5.74) is 10.3. The number of anilines is 3. The summed E-state index contributed by atoms with van der Waals surface area (Å²) >= 11 is 0. The van der Waals surface area contributed by atoms with Crippen molar-refractivity contribution in [1.29, 1.82) is 0 Å². The van der Waals surface area contributed by atoms with Crippen molar-refractivity contribution in [1.82, 2.24) is 20.2 Å². The molecule has 0 aliphatic carbocycles. The number of nitrogen functional groups attached to an aromatic ring is 1. The van der Waals surface area contributed by atoms with Gasteiger partial charge < -0.3 is 15.8 Å². The van der Waals surface area contributed by atoms with Crippen LogP contribution in [0.25, 0.3) is 33.2 Å². The fourth-order valence-electron chi connectivity index (χ4n) is 4.17. The average Bonchev–Trinajstić information content (AvgIpc) is 2.95. The zero-order chi connectivity index (χ0) is 25.0. The number of hydrogen-bond acceptors (Lipinski definition) is 7. The third-order valence-corrected chi connectivity index (χ3v) is 5.93. The predicted molar refractivity (Wildman–Crippen MR) is 147 cm³/mol. The van der Waals surface area contributed by atoms with Gasteiger partial charge >= 0.3 is 0 Å². The second-order valence-electron chi connectivity index (χ2n) is 8.39. The Morgan fingerprint density at radius 1 is 0.649 bits per heavy atom. The molecule has 0 atom stereocenters. The van der Waals surface area contributed by atoms with Gasteiger partial charge in [0.25, 0.3) is 0 Å². The molecule has 0 amide bonds. The van der Waals surface area contributed by atoms with Gasteiger partial charge in [-0.25, -0.2) is 9.97 Å². The molecule has 6 aromatic rings. The van der Waals surface area contributed by atoms with Gasteiger partial charge in [-0.15, -0.1) is 10.2 Å². The van der Waals surface area contributed by atoms with Crippen LogP contribution in [0.4, 0.5) is 17.3 Å². The molecule has 0 aliphatic rings. The molecule has 0 unspecified atom stereocenters. The molecule has 6 rings (SSSR count). The molecule has 0 spiro atoms. The maximum Gasteiger partial charge on any atom is 0.227 e. The van der Waals surface area contributed by atoms with E-state index in [0.29, 0.717) is 23.3 Å². The second kappa shape index (κ2) is 9.75. The Kier molecular flexibility index (Phi) is 5.85. The minimum absolute atomic E-state index is 0.440. The zero-order valence-electron chi connectivity index (χ0n) is 19.7. The highest BCUT2D eigenvalue weighted by Crippen LogP contribution is 2.34. The molecule has 7 nitrogen and oxygen atoms in total. The van der Waals surface area contributed by atoms with Gasteiger partial charge in [0, 0.05) is 40.0 Å². The van der Waals surface area contributed by atoms with Crippen molar-refractivity contribution in [3.05, 3.63) is 116 Å². The number of hydrogen-bond donors (Lipinski definition) is 2. The largest absolute Gasteiger partial charge is 0.438 e. The quantitative estimate of drug-likeness (QED) is 0.267. The van der Waals surface area contributed by atoms with Crippen molar-refractivity contribution in [2.75, 3.05) is 11.1 Å². The summed E-state index contributed by atoms with van der Waals surface area (Å²) in [7, 11) is 0. The number of benzene rings is 3. The SMILES string of the molecule is Nc1cc(-c2cccnc2Oc2ccc(Nc3nnc(-c4ccccc4)c4ccccc34)cc2)ccn1. The maximum absolute atomic E-state index is 6.12. The number of ether oxygens (including phenoxy) is 1. The number of nitrogens with zero attached hydrogens (tertiary/aromatic N) is 4. The van der Waals surface area contributed by atoms with E-state index in [1.165, 1.54) is 0 Å². The molecule has 37 heavy (non-hydrogen) atoms. The Hall–Kier alpha value is -5.30. The van der Waals surface area contributed by atoms with E-state index in [1.54, 1.807) is 18.5 Å². The molecule has 3 heterocycles. The van der Waals surface area contributed by atoms with Crippen LogP contribution in [0.1, 0.15) is 0 Å². The lowest BCUT2D eigenvalue weighted by Crippen LogP contribution is -1.99. The molecule has 3 aromatic carbocycles. The third-order valence-electron chi connectivity index (χ3n) is 5.93. The number of nitrogens with one attached hydrogen (secondary N) is 1. The van der Waals surface area contributed by atoms with Gasteiger partial charge in [-0.3, -0.25) is 0 Å². The van der Waals surface area contributed by atoms with E-state index in [0.717, 1.165) is 38.8 Å². The molecule has 0 aliphatic heterocycles. The number of nitrogens with two attached hydrogens (primary N) is 1. The van der Waals surface area contributed by atoms with Crippen molar-refractivity contribution >= 4 is 28.1 Å². The molecule has 3 N–H and O–H groups in total. The van der Waals surface area contributed by atoms with Gasteiger partial charge in [-0.1, -0.05) is 54.6 Å². The lowest BCUT2D eigenvalue weighted by atomic mass is 10.0. The summed E-state index contributed by atoms with van der Waals surface area (Å²) in [6.07, 6.45) is 3.36. The van der Waals surface area contributed by atoms with Crippen molar-refractivity contribution < 1.29 is 4.74 Å². The number of rotatable bonds is 6. The Morgan fingerprint density at radius 2 is 1.43 bits per heavy atom. The van der Waals surface area contributed by atoms with Crippen molar-refractivity contribution in [2.24, 2.45) is 0 Å². The van der Waals surface area contributed by atoms with Gasteiger partial charge in [0.15, 0.2) is 5.82 Å². The molecular formula is C30H22N6O. The highest BCUT2D eigenvalue weighted by molar-refractivity contribution is 6.00. The third kappa shape index (κ3) is 4.66. The normalized spacial score (nSPS) is 10.8. The van der Waals surface area contributed by atoms with Gasteiger partial charge in [-0.2, -0.15) is 0 Å². The topological polar surface area (TPSA) is 98.8 Å². The van der Waals surface area contributed by atoms with Crippen LogP contribution in [-0.4, -0.2) is 20.2 Å². The van der Waals surface area contributed by atoms with E-state index in [-0.39, 0.29) is 0 Å².